The normalized spacial score (nSPS) is 11.9. The minimum Gasteiger partial charge on any atom is -0.456 e. The summed E-state index contributed by atoms with van der Waals surface area (Å²) in [5.41, 5.74) is 0.536. The molecule has 0 unspecified atom stereocenters. The lowest BCUT2D eigenvalue weighted by atomic mass is 9.96. The predicted molar refractivity (Wildman–Crippen MR) is 92.1 cm³/mol. The van der Waals surface area contributed by atoms with E-state index in [9.17, 15) is 18.0 Å². The molecule has 2 rings (SSSR count). The highest BCUT2D eigenvalue weighted by atomic mass is 19.4. The summed E-state index contributed by atoms with van der Waals surface area (Å²) in [5.74, 6) is -0.480. The Bertz CT molecular complexity index is 782. The average Bonchev–Trinajstić information content (AvgIpc) is 2.52. The number of hydrogen-bond acceptors (Lipinski definition) is 2. The van der Waals surface area contributed by atoms with Gasteiger partial charge in [0.05, 0.1) is 11.1 Å². The molecule has 2 nitrogen and oxygen atoms in total. The third kappa shape index (κ3) is 4.72. The summed E-state index contributed by atoms with van der Waals surface area (Å²) in [4.78, 5) is 12.0. The van der Waals surface area contributed by atoms with Gasteiger partial charge in [-0.25, -0.2) is 4.79 Å². The zero-order valence-corrected chi connectivity index (χ0v) is 14.3. The zero-order chi connectivity index (χ0) is 18.8. The first-order valence-corrected chi connectivity index (χ1v) is 7.69. The number of esters is 1. The van der Waals surface area contributed by atoms with Crippen LogP contribution in [0.5, 0.6) is 0 Å². The smallest absolute Gasteiger partial charge is 0.416 e. The minimum absolute atomic E-state index is 0.339. The van der Waals surface area contributed by atoms with Gasteiger partial charge in [-0.05, 0) is 61.7 Å². The summed E-state index contributed by atoms with van der Waals surface area (Å²) >= 11 is 0. The van der Waals surface area contributed by atoms with Crippen LogP contribution in [0.2, 0.25) is 0 Å². The predicted octanol–water partition coefficient (Wildman–Crippen LogP) is 5.97. The molecule has 0 bridgehead atoms. The molecule has 0 aliphatic rings. The Kier molecular flexibility index (Phi) is 5.07. The van der Waals surface area contributed by atoms with Crippen molar-refractivity contribution in [3.8, 4) is 11.1 Å². The fourth-order valence-electron chi connectivity index (χ4n) is 2.28. The molecule has 2 aromatic rings. The van der Waals surface area contributed by atoms with Gasteiger partial charge in [0.15, 0.2) is 0 Å². The molecule has 0 radical (unpaired) electrons. The monoisotopic (exact) mass is 348 g/mol. The second kappa shape index (κ2) is 6.75. The van der Waals surface area contributed by atoms with Crippen LogP contribution in [0.25, 0.3) is 17.2 Å². The van der Waals surface area contributed by atoms with Gasteiger partial charge in [-0.3, -0.25) is 0 Å². The van der Waals surface area contributed by atoms with Crippen LogP contribution < -0.4 is 0 Å². The molecule has 2 aromatic carbocycles. The van der Waals surface area contributed by atoms with Crippen molar-refractivity contribution in [2.45, 2.75) is 32.5 Å². The summed E-state index contributed by atoms with van der Waals surface area (Å²) in [7, 11) is 0. The Morgan fingerprint density at radius 2 is 1.64 bits per heavy atom. The van der Waals surface area contributed by atoms with Crippen LogP contribution in [0, 0.1) is 0 Å². The topological polar surface area (TPSA) is 26.3 Å². The number of hydrogen-bond donors (Lipinski definition) is 0. The summed E-state index contributed by atoms with van der Waals surface area (Å²) in [5, 5.41) is 0. The van der Waals surface area contributed by atoms with Crippen LogP contribution in [-0.2, 0) is 10.9 Å². The molecule has 0 atom stereocenters. The Balaban J connectivity index is 2.39. The van der Waals surface area contributed by atoms with Crippen molar-refractivity contribution < 1.29 is 22.7 Å². The molecule has 0 fully saturated rings. The number of carbonyl (C=O) groups excluding carboxylic acids is 1. The lowest BCUT2D eigenvalue weighted by Gasteiger charge is -2.19. The maximum absolute atomic E-state index is 13.0. The first-order chi connectivity index (χ1) is 11.5. The van der Waals surface area contributed by atoms with Gasteiger partial charge in [0.1, 0.15) is 5.60 Å². The van der Waals surface area contributed by atoms with Crippen molar-refractivity contribution in [3.63, 3.8) is 0 Å². The molecule has 0 N–H and O–H groups in total. The molecular formula is C20H19F3O2. The van der Waals surface area contributed by atoms with Crippen LogP contribution in [0.1, 0.15) is 42.3 Å². The lowest BCUT2D eigenvalue weighted by Crippen LogP contribution is -2.23. The van der Waals surface area contributed by atoms with Crippen molar-refractivity contribution in [2.75, 3.05) is 0 Å². The average molecular weight is 348 g/mol. The van der Waals surface area contributed by atoms with Crippen molar-refractivity contribution in [1.29, 1.82) is 0 Å². The molecule has 25 heavy (non-hydrogen) atoms. The number of carbonyl (C=O) groups is 1. The van der Waals surface area contributed by atoms with Gasteiger partial charge in [0.25, 0.3) is 0 Å². The van der Waals surface area contributed by atoms with Gasteiger partial charge in [0.2, 0.25) is 0 Å². The zero-order valence-electron chi connectivity index (χ0n) is 14.3. The van der Waals surface area contributed by atoms with Gasteiger partial charge in [-0.15, -0.1) is 0 Å². The molecule has 132 valence electrons. The van der Waals surface area contributed by atoms with Gasteiger partial charge >= 0.3 is 12.1 Å². The Morgan fingerprint density at radius 3 is 2.12 bits per heavy atom. The second-order valence-corrected chi connectivity index (χ2v) is 6.58. The van der Waals surface area contributed by atoms with E-state index in [2.05, 4.69) is 6.58 Å². The van der Waals surface area contributed by atoms with Crippen LogP contribution in [0.4, 0.5) is 13.2 Å². The lowest BCUT2D eigenvalue weighted by molar-refractivity contribution is -0.137. The van der Waals surface area contributed by atoms with Gasteiger partial charge < -0.3 is 4.74 Å². The number of halogens is 3. The maximum atomic E-state index is 13.0. The molecule has 0 aliphatic carbocycles. The Labute approximate surface area is 144 Å². The quantitative estimate of drug-likeness (QED) is 0.639. The molecule has 0 amide bonds. The summed E-state index contributed by atoms with van der Waals surface area (Å²) < 4.78 is 44.2. The molecule has 0 saturated carbocycles. The van der Waals surface area contributed by atoms with E-state index in [1.54, 1.807) is 32.9 Å². The highest BCUT2D eigenvalue weighted by Gasteiger charge is 2.31. The van der Waals surface area contributed by atoms with Crippen LogP contribution >= 0.6 is 0 Å². The molecule has 0 spiro atoms. The fraction of sp³-hybridized carbons (Fsp3) is 0.250. The van der Waals surface area contributed by atoms with Gasteiger partial charge in [-0.2, -0.15) is 13.2 Å². The largest absolute Gasteiger partial charge is 0.456 e. The van der Waals surface area contributed by atoms with Crippen LogP contribution in [0.15, 0.2) is 49.0 Å². The van der Waals surface area contributed by atoms with Gasteiger partial charge in [-0.1, -0.05) is 30.9 Å². The van der Waals surface area contributed by atoms with Crippen LogP contribution in [-0.4, -0.2) is 11.6 Å². The summed E-state index contributed by atoms with van der Waals surface area (Å²) in [6.45, 7) is 8.93. The van der Waals surface area contributed by atoms with E-state index in [4.69, 9.17) is 4.74 Å². The van der Waals surface area contributed by atoms with E-state index in [1.165, 1.54) is 24.3 Å². The first-order valence-electron chi connectivity index (χ1n) is 7.69. The molecule has 0 heterocycles. The van der Waals surface area contributed by atoms with Crippen molar-refractivity contribution in [2.24, 2.45) is 0 Å². The number of rotatable bonds is 3. The summed E-state index contributed by atoms with van der Waals surface area (Å²) in [6.07, 6.45) is -2.93. The van der Waals surface area contributed by atoms with Crippen LogP contribution in [0.3, 0.4) is 0 Å². The third-order valence-electron chi connectivity index (χ3n) is 3.43. The number of ether oxygens (including phenoxy) is 1. The van der Waals surface area contributed by atoms with E-state index >= 15 is 0 Å². The van der Waals surface area contributed by atoms with E-state index in [0.717, 1.165) is 12.1 Å². The Hall–Kier alpha value is -2.56. The van der Waals surface area contributed by atoms with E-state index in [1.807, 2.05) is 0 Å². The van der Waals surface area contributed by atoms with Crippen molar-refractivity contribution in [3.05, 3.63) is 65.7 Å². The molecule has 0 saturated heterocycles. The minimum atomic E-state index is -4.43. The fourth-order valence-corrected chi connectivity index (χ4v) is 2.28. The standard InChI is InChI=1S/C20H19F3O2/c1-5-13-10-11-16(20(21,22)23)12-17(13)14-6-8-15(9-7-14)18(24)25-19(2,3)4/h5-12H,1H2,2-4H3. The van der Waals surface area contributed by atoms with E-state index in [0.29, 0.717) is 22.3 Å². The first kappa shape index (κ1) is 18.8. The second-order valence-electron chi connectivity index (χ2n) is 6.58. The molecule has 0 aliphatic heterocycles. The Morgan fingerprint density at radius 1 is 1.04 bits per heavy atom. The van der Waals surface area contributed by atoms with Crippen molar-refractivity contribution >= 4 is 12.0 Å². The SMILES string of the molecule is C=Cc1ccc(C(F)(F)F)cc1-c1ccc(C(=O)OC(C)(C)C)cc1. The number of benzene rings is 2. The van der Waals surface area contributed by atoms with Gasteiger partial charge in [0, 0.05) is 0 Å². The van der Waals surface area contributed by atoms with E-state index < -0.39 is 23.3 Å². The number of alkyl halides is 3. The maximum Gasteiger partial charge on any atom is 0.416 e. The van der Waals surface area contributed by atoms with E-state index in [-0.39, 0.29) is 0 Å². The third-order valence-corrected chi connectivity index (χ3v) is 3.43. The highest BCUT2D eigenvalue weighted by molar-refractivity contribution is 5.90. The molecule has 0 aromatic heterocycles. The molecular weight excluding hydrogens is 329 g/mol. The molecule has 5 heteroatoms. The summed E-state index contributed by atoms with van der Waals surface area (Å²) in [6, 6.07) is 9.76. The highest BCUT2D eigenvalue weighted by Crippen LogP contribution is 2.34. The van der Waals surface area contributed by atoms with Crippen molar-refractivity contribution in [1.82, 2.24) is 0 Å².